The van der Waals surface area contributed by atoms with Crippen LogP contribution in [-0.4, -0.2) is 36.5 Å². The minimum atomic E-state index is -0.0543. The lowest BCUT2D eigenvalue weighted by molar-refractivity contribution is -0.133. The summed E-state index contributed by atoms with van der Waals surface area (Å²) < 4.78 is 0. The van der Waals surface area contributed by atoms with Gasteiger partial charge in [0.15, 0.2) is 0 Å². The highest BCUT2D eigenvalue weighted by molar-refractivity contribution is 5.83. The number of nitrogens with zero attached hydrogens (tertiary/aromatic N) is 1. The minimum Gasteiger partial charge on any atom is -0.341 e. The van der Waals surface area contributed by atoms with Crippen molar-refractivity contribution in [1.29, 1.82) is 0 Å². The van der Waals surface area contributed by atoms with E-state index in [0.717, 1.165) is 31.6 Å². The number of nitrogens with one attached hydrogen (secondary N) is 1. The summed E-state index contributed by atoms with van der Waals surface area (Å²) in [6.07, 6.45) is 4.74. The van der Waals surface area contributed by atoms with Crippen LogP contribution in [-0.2, 0) is 4.79 Å². The molecule has 3 nitrogen and oxygen atoms in total. The fourth-order valence-electron chi connectivity index (χ4n) is 3.07. The molecule has 21 heavy (non-hydrogen) atoms. The second-order valence-electron chi connectivity index (χ2n) is 6.06. The Labute approximate surface area is 128 Å². The molecule has 1 amide bonds. The Kier molecular flexibility index (Phi) is 6.24. The molecule has 1 saturated heterocycles. The lowest BCUT2D eigenvalue weighted by Gasteiger charge is -2.32. The van der Waals surface area contributed by atoms with Crippen molar-refractivity contribution >= 4 is 5.91 Å². The molecule has 2 unspecified atom stereocenters. The molecule has 2 rings (SSSR count). The van der Waals surface area contributed by atoms with Crippen LogP contribution < -0.4 is 5.32 Å². The van der Waals surface area contributed by atoms with E-state index in [9.17, 15) is 4.79 Å². The molecular weight excluding hydrogens is 260 g/mol. The van der Waals surface area contributed by atoms with Crippen LogP contribution in [0.1, 0.15) is 51.0 Å². The van der Waals surface area contributed by atoms with Crippen LogP contribution in [0.5, 0.6) is 0 Å². The van der Waals surface area contributed by atoms with Crippen molar-refractivity contribution in [2.24, 2.45) is 0 Å². The lowest BCUT2D eigenvalue weighted by Crippen LogP contribution is -2.47. The first-order valence-electron chi connectivity index (χ1n) is 8.29. The van der Waals surface area contributed by atoms with Gasteiger partial charge in [-0.05, 0) is 38.3 Å². The highest BCUT2D eigenvalue weighted by Crippen LogP contribution is 2.19. The van der Waals surface area contributed by atoms with Crippen LogP contribution in [0, 0.1) is 0 Å². The Morgan fingerprint density at radius 3 is 2.71 bits per heavy atom. The Balaban J connectivity index is 2.00. The summed E-state index contributed by atoms with van der Waals surface area (Å²) in [6.45, 7) is 6.96. The van der Waals surface area contributed by atoms with E-state index < -0.39 is 0 Å². The van der Waals surface area contributed by atoms with E-state index in [0.29, 0.717) is 6.04 Å². The number of amides is 1. The third-order valence-corrected chi connectivity index (χ3v) is 4.33. The van der Waals surface area contributed by atoms with E-state index in [1.807, 2.05) is 37.3 Å². The summed E-state index contributed by atoms with van der Waals surface area (Å²) in [5.74, 6) is 0.205. The molecule has 2 atom stereocenters. The van der Waals surface area contributed by atoms with Gasteiger partial charge in [0.05, 0.1) is 5.92 Å². The Morgan fingerprint density at radius 1 is 1.33 bits per heavy atom. The Bertz CT molecular complexity index is 426. The van der Waals surface area contributed by atoms with Gasteiger partial charge in [-0.3, -0.25) is 4.79 Å². The van der Waals surface area contributed by atoms with Crippen molar-refractivity contribution in [2.45, 2.75) is 51.5 Å². The predicted molar refractivity (Wildman–Crippen MR) is 87.4 cm³/mol. The van der Waals surface area contributed by atoms with E-state index >= 15 is 0 Å². The summed E-state index contributed by atoms with van der Waals surface area (Å²) in [7, 11) is 0. The number of carbonyl (C=O) groups is 1. The molecule has 1 aliphatic heterocycles. The van der Waals surface area contributed by atoms with Crippen LogP contribution in [0.3, 0.4) is 0 Å². The van der Waals surface area contributed by atoms with Crippen LogP contribution in [0.15, 0.2) is 30.3 Å². The van der Waals surface area contributed by atoms with Crippen molar-refractivity contribution < 1.29 is 4.79 Å². The van der Waals surface area contributed by atoms with E-state index in [2.05, 4.69) is 17.1 Å². The van der Waals surface area contributed by atoms with Gasteiger partial charge < -0.3 is 10.2 Å². The standard InChI is InChI=1S/C18H28N2O/c1-3-13-20(14-17-11-7-8-12-19-17)18(21)15(2)16-9-5-4-6-10-16/h4-6,9-10,15,17,19H,3,7-8,11-14H2,1-2H3. The van der Waals surface area contributed by atoms with Gasteiger partial charge in [-0.25, -0.2) is 0 Å². The third kappa shape index (κ3) is 4.57. The van der Waals surface area contributed by atoms with Crippen molar-refractivity contribution in [1.82, 2.24) is 10.2 Å². The van der Waals surface area contributed by atoms with Gasteiger partial charge >= 0.3 is 0 Å². The molecule has 0 bridgehead atoms. The van der Waals surface area contributed by atoms with Gasteiger partial charge in [0.25, 0.3) is 0 Å². The fourth-order valence-corrected chi connectivity index (χ4v) is 3.07. The zero-order valence-electron chi connectivity index (χ0n) is 13.3. The molecule has 0 aliphatic carbocycles. The van der Waals surface area contributed by atoms with Gasteiger partial charge in [0, 0.05) is 19.1 Å². The summed E-state index contributed by atoms with van der Waals surface area (Å²) >= 11 is 0. The van der Waals surface area contributed by atoms with Crippen LogP contribution in [0.2, 0.25) is 0 Å². The Hall–Kier alpha value is -1.35. The molecule has 1 aromatic rings. The number of carbonyl (C=O) groups excluding carboxylic acids is 1. The molecule has 3 heteroatoms. The average Bonchev–Trinajstić information content (AvgIpc) is 2.55. The van der Waals surface area contributed by atoms with Crippen LogP contribution in [0.4, 0.5) is 0 Å². The zero-order chi connectivity index (χ0) is 15.1. The molecule has 0 spiro atoms. The molecule has 1 heterocycles. The van der Waals surface area contributed by atoms with Crippen molar-refractivity contribution in [3.63, 3.8) is 0 Å². The maximum atomic E-state index is 12.8. The van der Waals surface area contributed by atoms with E-state index in [-0.39, 0.29) is 11.8 Å². The van der Waals surface area contributed by atoms with Crippen LogP contribution >= 0.6 is 0 Å². The smallest absolute Gasteiger partial charge is 0.229 e. The van der Waals surface area contributed by atoms with Gasteiger partial charge in [-0.2, -0.15) is 0 Å². The van der Waals surface area contributed by atoms with Crippen molar-refractivity contribution in [2.75, 3.05) is 19.6 Å². The molecule has 1 aliphatic rings. The maximum Gasteiger partial charge on any atom is 0.229 e. The van der Waals surface area contributed by atoms with Gasteiger partial charge in [0.2, 0.25) is 5.91 Å². The number of rotatable bonds is 6. The number of piperidine rings is 1. The monoisotopic (exact) mass is 288 g/mol. The zero-order valence-corrected chi connectivity index (χ0v) is 13.3. The molecule has 1 fully saturated rings. The predicted octanol–water partition coefficient (Wildman–Crippen LogP) is 3.17. The average molecular weight is 288 g/mol. The summed E-state index contributed by atoms with van der Waals surface area (Å²) in [4.78, 5) is 14.9. The fraction of sp³-hybridized carbons (Fsp3) is 0.611. The highest BCUT2D eigenvalue weighted by Gasteiger charge is 2.24. The number of hydrogen-bond acceptors (Lipinski definition) is 2. The molecule has 0 radical (unpaired) electrons. The SMILES string of the molecule is CCCN(CC1CCCCN1)C(=O)C(C)c1ccccc1. The Morgan fingerprint density at radius 2 is 2.10 bits per heavy atom. The second kappa shape index (κ2) is 8.18. The van der Waals surface area contributed by atoms with Gasteiger partial charge in [-0.1, -0.05) is 43.7 Å². The second-order valence-corrected chi connectivity index (χ2v) is 6.06. The van der Waals surface area contributed by atoms with Gasteiger partial charge in [0.1, 0.15) is 0 Å². The first-order valence-corrected chi connectivity index (χ1v) is 8.29. The maximum absolute atomic E-state index is 12.8. The molecule has 116 valence electrons. The molecule has 0 aromatic heterocycles. The van der Waals surface area contributed by atoms with Crippen molar-refractivity contribution in [3.05, 3.63) is 35.9 Å². The first-order chi connectivity index (χ1) is 10.2. The molecule has 1 aromatic carbocycles. The van der Waals surface area contributed by atoms with E-state index in [1.165, 1.54) is 19.3 Å². The molecule has 0 saturated carbocycles. The third-order valence-electron chi connectivity index (χ3n) is 4.33. The number of benzene rings is 1. The molecule has 1 N–H and O–H groups in total. The highest BCUT2D eigenvalue weighted by atomic mass is 16.2. The van der Waals surface area contributed by atoms with E-state index in [1.54, 1.807) is 0 Å². The first kappa shape index (κ1) is 16.0. The van der Waals surface area contributed by atoms with E-state index in [4.69, 9.17) is 0 Å². The quantitative estimate of drug-likeness (QED) is 0.872. The normalized spacial score (nSPS) is 20.0. The lowest BCUT2D eigenvalue weighted by atomic mass is 9.98. The molecular formula is C18H28N2O. The van der Waals surface area contributed by atoms with Crippen LogP contribution in [0.25, 0.3) is 0 Å². The largest absolute Gasteiger partial charge is 0.341 e. The summed E-state index contributed by atoms with van der Waals surface area (Å²) in [5, 5.41) is 3.55. The van der Waals surface area contributed by atoms with Crippen molar-refractivity contribution in [3.8, 4) is 0 Å². The topological polar surface area (TPSA) is 32.3 Å². The summed E-state index contributed by atoms with van der Waals surface area (Å²) in [6, 6.07) is 10.6. The van der Waals surface area contributed by atoms with Gasteiger partial charge in [-0.15, -0.1) is 0 Å². The minimum absolute atomic E-state index is 0.0543. The summed E-state index contributed by atoms with van der Waals surface area (Å²) in [5.41, 5.74) is 1.11. The number of hydrogen-bond donors (Lipinski definition) is 1.